The quantitative estimate of drug-likeness (QED) is 0.749. The van der Waals surface area contributed by atoms with Crippen LogP contribution in [0.2, 0.25) is 0 Å². The standard InChI is InChI=1S/C17H27N3/c1-2-3-11-20(17-9-10-17)13-16-6-4-5-15(19-16)12-18-14-7-8-14/h4-6,14,17-18H,2-3,7-13H2,1H3. The summed E-state index contributed by atoms with van der Waals surface area (Å²) in [5.74, 6) is 0. The second-order valence-corrected chi connectivity index (χ2v) is 6.33. The van der Waals surface area contributed by atoms with E-state index in [2.05, 4.69) is 35.3 Å². The van der Waals surface area contributed by atoms with Crippen LogP contribution in [0.3, 0.4) is 0 Å². The molecule has 2 aliphatic carbocycles. The summed E-state index contributed by atoms with van der Waals surface area (Å²) in [5, 5.41) is 3.55. The molecule has 0 spiro atoms. The van der Waals surface area contributed by atoms with Crippen LogP contribution >= 0.6 is 0 Å². The Kier molecular flexibility index (Phi) is 4.69. The summed E-state index contributed by atoms with van der Waals surface area (Å²) < 4.78 is 0. The predicted molar refractivity (Wildman–Crippen MR) is 82.4 cm³/mol. The zero-order valence-electron chi connectivity index (χ0n) is 12.6. The molecule has 20 heavy (non-hydrogen) atoms. The smallest absolute Gasteiger partial charge is 0.0547 e. The van der Waals surface area contributed by atoms with E-state index < -0.39 is 0 Å². The van der Waals surface area contributed by atoms with Crippen molar-refractivity contribution in [1.29, 1.82) is 0 Å². The second kappa shape index (κ2) is 6.68. The number of aromatic nitrogens is 1. The molecule has 0 aliphatic heterocycles. The minimum Gasteiger partial charge on any atom is -0.308 e. The molecule has 1 aromatic heterocycles. The molecule has 2 aliphatic rings. The van der Waals surface area contributed by atoms with Gasteiger partial charge in [-0.1, -0.05) is 19.4 Å². The monoisotopic (exact) mass is 273 g/mol. The number of unbranched alkanes of at least 4 members (excludes halogenated alkanes) is 1. The van der Waals surface area contributed by atoms with Crippen molar-refractivity contribution in [2.24, 2.45) is 0 Å². The number of nitrogens with zero attached hydrogens (tertiary/aromatic N) is 2. The lowest BCUT2D eigenvalue weighted by molar-refractivity contribution is 0.247. The van der Waals surface area contributed by atoms with Crippen LogP contribution in [0.15, 0.2) is 18.2 Å². The first-order chi connectivity index (χ1) is 9.85. The van der Waals surface area contributed by atoms with Gasteiger partial charge in [-0.2, -0.15) is 0 Å². The molecular formula is C17H27N3. The molecule has 0 radical (unpaired) electrons. The van der Waals surface area contributed by atoms with Crippen LogP contribution in [0.1, 0.15) is 56.8 Å². The molecule has 3 heteroatoms. The molecule has 0 bridgehead atoms. The van der Waals surface area contributed by atoms with Crippen molar-refractivity contribution < 1.29 is 0 Å². The lowest BCUT2D eigenvalue weighted by Crippen LogP contribution is -2.27. The minimum atomic E-state index is 0.757. The molecule has 0 unspecified atom stereocenters. The van der Waals surface area contributed by atoms with E-state index in [-0.39, 0.29) is 0 Å². The van der Waals surface area contributed by atoms with Crippen LogP contribution in [0.4, 0.5) is 0 Å². The first-order valence-electron chi connectivity index (χ1n) is 8.27. The summed E-state index contributed by atoms with van der Waals surface area (Å²) in [6, 6.07) is 8.08. The largest absolute Gasteiger partial charge is 0.308 e. The van der Waals surface area contributed by atoms with Crippen molar-refractivity contribution in [2.45, 2.75) is 70.6 Å². The minimum absolute atomic E-state index is 0.757. The molecular weight excluding hydrogens is 246 g/mol. The molecule has 1 aromatic rings. The van der Waals surface area contributed by atoms with Gasteiger partial charge >= 0.3 is 0 Å². The first kappa shape index (κ1) is 14.0. The predicted octanol–water partition coefficient (Wildman–Crippen LogP) is 3.10. The summed E-state index contributed by atoms with van der Waals surface area (Å²) in [6.07, 6.45) is 8.03. The lowest BCUT2D eigenvalue weighted by Gasteiger charge is -2.21. The van der Waals surface area contributed by atoms with E-state index >= 15 is 0 Å². The van der Waals surface area contributed by atoms with E-state index in [9.17, 15) is 0 Å². The van der Waals surface area contributed by atoms with Gasteiger partial charge in [0, 0.05) is 25.2 Å². The zero-order chi connectivity index (χ0) is 13.8. The topological polar surface area (TPSA) is 28.2 Å². The Hall–Kier alpha value is -0.930. The van der Waals surface area contributed by atoms with Crippen LogP contribution in [0.25, 0.3) is 0 Å². The van der Waals surface area contributed by atoms with Crippen LogP contribution in [0.5, 0.6) is 0 Å². The summed E-state index contributed by atoms with van der Waals surface area (Å²) in [6.45, 7) is 5.46. The third kappa shape index (κ3) is 4.29. The molecule has 2 saturated carbocycles. The van der Waals surface area contributed by atoms with Crippen molar-refractivity contribution in [2.75, 3.05) is 6.54 Å². The molecule has 3 rings (SSSR count). The van der Waals surface area contributed by atoms with Gasteiger partial charge in [-0.3, -0.25) is 9.88 Å². The highest BCUT2D eigenvalue weighted by Gasteiger charge is 2.28. The maximum atomic E-state index is 4.83. The van der Waals surface area contributed by atoms with Crippen molar-refractivity contribution in [3.8, 4) is 0 Å². The Morgan fingerprint density at radius 2 is 2.00 bits per heavy atom. The Labute approximate surface area is 122 Å². The van der Waals surface area contributed by atoms with Gasteiger partial charge < -0.3 is 5.32 Å². The molecule has 1 N–H and O–H groups in total. The Morgan fingerprint density at radius 1 is 1.20 bits per heavy atom. The van der Waals surface area contributed by atoms with Gasteiger partial charge in [0.25, 0.3) is 0 Å². The van der Waals surface area contributed by atoms with E-state index in [1.54, 1.807) is 0 Å². The van der Waals surface area contributed by atoms with Gasteiger partial charge in [0.05, 0.1) is 11.4 Å². The van der Waals surface area contributed by atoms with E-state index in [4.69, 9.17) is 4.98 Å². The Balaban J connectivity index is 1.55. The van der Waals surface area contributed by atoms with Crippen LogP contribution < -0.4 is 5.32 Å². The Bertz CT molecular complexity index is 424. The third-order valence-electron chi connectivity index (χ3n) is 4.24. The fourth-order valence-electron chi connectivity index (χ4n) is 2.65. The average molecular weight is 273 g/mol. The number of rotatable bonds is 9. The van der Waals surface area contributed by atoms with Crippen molar-refractivity contribution in [3.63, 3.8) is 0 Å². The zero-order valence-corrected chi connectivity index (χ0v) is 12.6. The van der Waals surface area contributed by atoms with Crippen molar-refractivity contribution in [3.05, 3.63) is 29.6 Å². The Morgan fingerprint density at radius 3 is 2.70 bits per heavy atom. The van der Waals surface area contributed by atoms with E-state index in [0.29, 0.717) is 0 Å². The molecule has 2 fully saturated rings. The first-order valence-corrected chi connectivity index (χ1v) is 8.27. The molecule has 110 valence electrons. The molecule has 1 heterocycles. The number of hydrogen-bond acceptors (Lipinski definition) is 3. The molecule has 3 nitrogen and oxygen atoms in total. The van der Waals surface area contributed by atoms with E-state index in [0.717, 1.165) is 25.2 Å². The van der Waals surface area contributed by atoms with Gasteiger partial charge in [0.2, 0.25) is 0 Å². The van der Waals surface area contributed by atoms with Gasteiger partial charge in [-0.15, -0.1) is 0 Å². The summed E-state index contributed by atoms with van der Waals surface area (Å²) >= 11 is 0. The van der Waals surface area contributed by atoms with Crippen molar-refractivity contribution in [1.82, 2.24) is 15.2 Å². The fraction of sp³-hybridized carbons (Fsp3) is 0.706. The molecule has 0 saturated heterocycles. The highest BCUT2D eigenvalue weighted by Crippen LogP contribution is 2.28. The van der Waals surface area contributed by atoms with Crippen molar-refractivity contribution >= 4 is 0 Å². The maximum Gasteiger partial charge on any atom is 0.0547 e. The molecule has 0 atom stereocenters. The van der Waals surface area contributed by atoms with Gasteiger partial charge in [0.15, 0.2) is 0 Å². The normalized spacial score (nSPS) is 18.7. The molecule has 0 amide bonds. The summed E-state index contributed by atoms with van der Waals surface area (Å²) in [5.41, 5.74) is 2.43. The molecule has 0 aromatic carbocycles. The number of pyridine rings is 1. The fourth-order valence-corrected chi connectivity index (χ4v) is 2.65. The SMILES string of the molecule is CCCCN(Cc1cccc(CNC2CC2)n1)C1CC1. The average Bonchev–Trinajstić information content (AvgIpc) is 3.35. The summed E-state index contributed by atoms with van der Waals surface area (Å²) in [4.78, 5) is 7.46. The number of hydrogen-bond donors (Lipinski definition) is 1. The van der Waals surface area contributed by atoms with Gasteiger partial charge in [0.1, 0.15) is 0 Å². The maximum absolute atomic E-state index is 4.83. The van der Waals surface area contributed by atoms with Gasteiger partial charge in [-0.05, 0) is 50.8 Å². The lowest BCUT2D eigenvalue weighted by atomic mass is 10.2. The second-order valence-electron chi connectivity index (χ2n) is 6.33. The highest BCUT2D eigenvalue weighted by molar-refractivity contribution is 5.12. The van der Waals surface area contributed by atoms with E-state index in [1.807, 2.05) is 0 Å². The van der Waals surface area contributed by atoms with Crippen LogP contribution in [-0.2, 0) is 13.1 Å². The summed E-state index contributed by atoms with van der Waals surface area (Å²) in [7, 11) is 0. The third-order valence-corrected chi connectivity index (χ3v) is 4.24. The van der Waals surface area contributed by atoms with Gasteiger partial charge in [-0.25, -0.2) is 0 Å². The van der Waals surface area contributed by atoms with Crippen LogP contribution in [0, 0.1) is 0 Å². The van der Waals surface area contributed by atoms with E-state index in [1.165, 1.54) is 56.5 Å². The highest BCUT2D eigenvalue weighted by atomic mass is 15.2. The van der Waals surface area contributed by atoms with Crippen LogP contribution in [-0.4, -0.2) is 28.5 Å². The number of nitrogens with one attached hydrogen (secondary N) is 1.